The van der Waals surface area contributed by atoms with Crippen molar-refractivity contribution in [2.75, 3.05) is 6.61 Å². The topological polar surface area (TPSA) is 145 Å². The third kappa shape index (κ3) is 11.1. The van der Waals surface area contributed by atoms with Crippen LogP contribution in [0.5, 0.6) is 0 Å². The first kappa shape index (κ1) is 23.5. The van der Waals surface area contributed by atoms with E-state index in [0.29, 0.717) is 12.8 Å². The van der Waals surface area contributed by atoms with Gasteiger partial charge in [-0.3, -0.25) is 9.79 Å². The molecule has 0 amide bonds. The average Bonchev–Trinajstić information content (AvgIpc) is 2.48. The Morgan fingerprint density at radius 2 is 1.58 bits per heavy atom. The number of phosphoric acid groups is 1. The highest BCUT2D eigenvalue weighted by Gasteiger charge is 2.42. The molecule has 0 bridgehead atoms. The third-order valence-electron chi connectivity index (χ3n) is 3.81. The van der Waals surface area contributed by atoms with Crippen LogP contribution in [0.15, 0.2) is 0 Å². The summed E-state index contributed by atoms with van der Waals surface area (Å²) < 4.78 is 14.4. The van der Waals surface area contributed by atoms with Crippen LogP contribution in [0.2, 0.25) is 0 Å². The van der Waals surface area contributed by atoms with E-state index in [-0.39, 0.29) is 0 Å². The summed E-state index contributed by atoms with van der Waals surface area (Å²) in [7, 11) is -5.12. The van der Waals surface area contributed by atoms with Gasteiger partial charge < -0.3 is 19.8 Å². The van der Waals surface area contributed by atoms with Crippen LogP contribution >= 0.6 is 7.82 Å². The van der Waals surface area contributed by atoms with E-state index >= 15 is 0 Å². The average molecular weight is 370 g/mol. The lowest BCUT2D eigenvalue weighted by molar-refractivity contribution is -0.165. The number of phosphoric ester groups is 1. The number of hydrogen-bond acceptors (Lipinski definition) is 6. The maximum absolute atomic E-state index is 11.5. The SMILES string of the molecule is CCCCCCCCCCC(O)CC(O)(CO)C(=O)OP(=O)(O)O. The molecule has 0 aromatic heterocycles. The van der Waals surface area contributed by atoms with Crippen LogP contribution in [-0.2, 0) is 13.9 Å². The van der Waals surface area contributed by atoms with E-state index in [1.807, 2.05) is 0 Å². The van der Waals surface area contributed by atoms with Crippen molar-refractivity contribution in [3.05, 3.63) is 0 Å². The molecule has 24 heavy (non-hydrogen) atoms. The predicted molar refractivity (Wildman–Crippen MR) is 88.0 cm³/mol. The molecule has 9 heteroatoms. The Bertz CT molecular complexity index is 397. The molecule has 8 nitrogen and oxygen atoms in total. The highest BCUT2D eigenvalue weighted by molar-refractivity contribution is 7.46. The van der Waals surface area contributed by atoms with E-state index in [9.17, 15) is 19.6 Å². The minimum Gasteiger partial charge on any atom is -0.393 e. The largest absolute Gasteiger partial charge is 0.527 e. The first-order valence-electron chi connectivity index (χ1n) is 8.45. The maximum atomic E-state index is 11.5. The molecule has 0 aliphatic carbocycles. The molecule has 0 saturated carbocycles. The van der Waals surface area contributed by atoms with Crippen molar-refractivity contribution in [1.29, 1.82) is 0 Å². The Hall–Kier alpha value is -0.500. The zero-order valence-corrected chi connectivity index (χ0v) is 15.2. The lowest BCUT2D eigenvalue weighted by Gasteiger charge is -2.26. The van der Waals surface area contributed by atoms with Gasteiger partial charge in [0.25, 0.3) is 0 Å². The van der Waals surface area contributed by atoms with Gasteiger partial charge in [0.15, 0.2) is 5.60 Å². The van der Waals surface area contributed by atoms with E-state index in [1.54, 1.807) is 0 Å². The van der Waals surface area contributed by atoms with Crippen molar-refractivity contribution in [3.63, 3.8) is 0 Å². The lowest BCUT2D eigenvalue weighted by atomic mass is 9.94. The molecule has 2 unspecified atom stereocenters. The molecule has 0 radical (unpaired) electrons. The Morgan fingerprint density at radius 1 is 1.08 bits per heavy atom. The molecule has 2 atom stereocenters. The van der Waals surface area contributed by atoms with Gasteiger partial charge in [-0.2, -0.15) is 0 Å². The van der Waals surface area contributed by atoms with Gasteiger partial charge in [-0.15, -0.1) is 0 Å². The fraction of sp³-hybridized carbons (Fsp3) is 0.933. The number of aliphatic hydroxyl groups excluding tert-OH is 2. The summed E-state index contributed by atoms with van der Waals surface area (Å²) in [5.74, 6) is -1.65. The zero-order valence-electron chi connectivity index (χ0n) is 14.3. The molecule has 0 aromatic rings. The Balaban J connectivity index is 4.07. The van der Waals surface area contributed by atoms with E-state index in [4.69, 9.17) is 14.9 Å². The summed E-state index contributed by atoms with van der Waals surface area (Å²) in [4.78, 5) is 28.7. The summed E-state index contributed by atoms with van der Waals surface area (Å²) in [6, 6.07) is 0. The number of hydrogen-bond donors (Lipinski definition) is 5. The molecule has 0 spiro atoms. The molecule has 0 aliphatic heterocycles. The molecule has 0 rings (SSSR count). The fourth-order valence-electron chi connectivity index (χ4n) is 2.41. The maximum Gasteiger partial charge on any atom is 0.527 e. The molecule has 0 aliphatic rings. The van der Waals surface area contributed by atoms with Gasteiger partial charge in [0.2, 0.25) is 0 Å². The highest BCUT2D eigenvalue weighted by Crippen LogP contribution is 2.38. The first-order valence-corrected chi connectivity index (χ1v) is 9.98. The summed E-state index contributed by atoms with van der Waals surface area (Å²) >= 11 is 0. The number of carbonyl (C=O) groups excluding carboxylic acids is 1. The standard InChI is InChI=1S/C15H31O8P/c1-2-3-4-5-6-7-8-9-10-13(17)11-15(19,12-16)14(18)23-24(20,21)22/h13,16-17,19H,2-12H2,1H3,(H2,20,21,22). The van der Waals surface area contributed by atoms with Crippen molar-refractivity contribution in [2.24, 2.45) is 0 Å². The van der Waals surface area contributed by atoms with E-state index < -0.39 is 38.5 Å². The van der Waals surface area contributed by atoms with Crippen molar-refractivity contribution in [2.45, 2.75) is 82.8 Å². The molecule has 5 N–H and O–H groups in total. The number of unbranched alkanes of at least 4 members (excludes halogenated alkanes) is 7. The van der Waals surface area contributed by atoms with E-state index in [1.165, 1.54) is 25.7 Å². The molecule has 0 fully saturated rings. The van der Waals surface area contributed by atoms with Crippen LogP contribution in [0, 0.1) is 0 Å². The highest BCUT2D eigenvalue weighted by atomic mass is 31.2. The van der Waals surface area contributed by atoms with Gasteiger partial charge in [0, 0.05) is 6.42 Å². The second kappa shape index (κ2) is 12.0. The summed E-state index contributed by atoms with van der Waals surface area (Å²) in [6.45, 7) is 1.06. The second-order valence-corrected chi connectivity index (χ2v) is 7.34. The summed E-state index contributed by atoms with van der Waals surface area (Å²) in [5, 5.41) is 28.9. The van der Waals surface area contributed by atoms with Gasteiger partial charge >= 0.3 is 13.8 Å². The molecule has 0 saturated heterocycles. The van der Waals surface area contributed by atoms with Crippen LogP contribution in [0.3, 0.4) is 0 Å². The molecule has 144 valence electrons. The second-order valence-electron chi connectivity index (χ2n) is 6.18. The van der Waals surface area contributed by atoms with Crippen LogP contribution in [-0.4, -0.2) is 49.4 Å². The quantitative estimate of drug-likeness (QED) is 0.229. The Morgan fingerprint density at radius 3 is 2.04 bits per heavy atom. The van der Waals surface area contributed by atoms with Gasteiger partial charge in [-0.25, -0.2) is 9.36 Å². The van der Waals surface area contributed by atoms with Crippen molar-refractivity contribution < 1.29 is 39.0 Å². The molecular weight excluding hydrogens is 339 g/mol. The van der Waals surface area contributed by atoms with Crippen LogP contribution in [0.25, 0.3) is 0 Å². The lowest BCUT2D eigenvalue weighted by Crippen LogP contribution is -2.46. The first-order chi connectivity index (χ1) is 11.1. The minimum atomic E-state index is -5.12. The van der Waals surface area contributed by atoms with Crippen molar-refractivity contribution in [1.82, 2.24) is 0 Å². The number of rotatable bonds is 14. The fourth-order valence-corrected chi connectivity index (χ4v) is 2.80. The third-order valence-corrected chi connectivity index (χ3v) is 4.21. The van der Waals surface area contributed by atoms with Crippen molar-refractivity contribution >= 4 is 13.8 Å². The number of carbonyl (C=O) groups is 1. The Labute approximate surface area is 143 Å². The summed E-state index contributed by atoms with van der Waals surface area (Å²) in [5.41, 5.74) is -2.53. The molecule has 0 heterocycles. The monoisotopic (exact) mass is 370 g/mol. The predicted octanol–water partition coefficient (Wildman–Crippen LogP) is 1.63. The summed E-state index contributed by atoms with van der Waals surface area (Å²) in [6.07, 6.45) is 7.34. The molecular formula is C15H31O8P. The van der Waals surface area contributed by atoms with Crippen molar-refractivity contribution in [3.8, 4) is 0 Å². The normalized spacial score (nSPS) is 15.8. The van der Waals surface area contributed by atoms with Crippen LogP contribution < -0.4 is 0 Å². The van der Waals surface area contributed by atoms with Gasteiger partial charge in [-0.05, 0) is 6.42 Å². The Kier molecular flexibility index (Phi) is 11.7. The van der Waals surface area contributed by atoms with E-state index in [0.717, 1.165) is 19.3 Å². The molecule has 0 aromatic carbocycles. The van der Waals surface area contributed by atoms with E-state index in [2.05, 4.69) is 11.4 Å². The number of aliphatic hydroxyl groups is 3. The van der Waals surface area contributed by atoms with Gasteiger partial charge in [0.1, 0.15) is 0 Å². The van der Waals surface area contributed by atoms with Gasteiger partial charge in [-0.1, -0.05) is 58.3 Å². The van der Waals surface area contributed by atoms with Gasteiger partial charge in [0.05, 0.1) is 12.7 Å². The zero-order chi connectivity index (χ0) is 18.6. The minimum absolute atomic E-state index is 0.320. The van der Waals surface area contributed by atoms with Crippen LogP contribution in [0.1, 0.15) is 71.1 Å². The van der Waals surface area contributed by atoms with Crippen LogP contribution in [0.4, 0.5) is 0 Å². The smallest absolute Gasteiger partial charge is 0.393 e.